The summed E-state index contributed by atoms with van der Waals surface area (Å²) in [4.78, 5) is 29.5. The van der Waals surface area contributed by atoms with Crippen molar-refractivity contribution in [2.75, 3.05) is 7.11 Å². The number of fused-ring (bicyclic) bond motifs is 1. The van der Waals surface area contributed by atoms with Gasteiger partial charge in [-0.2, -0.15) is 9.78 Å². The van der Waals surface area contributed by atoms with Crippen LogP contribution in [0.15, 0.2) is 73.4 Å². The fourth-order valence-corrected chi connectivity index (χ4v) is 3.72. The monoisotopic (exact) mass is 507 g/mol. The van der Waals surface area contributed by atoms with Crippen molar-refractivity contribution < 1.29 is 13.9 Å². The van der Waals surface area contributed by atoms with Crippen molar-refractivity contribution in [1.29, 1.82) is 0 Å². The lowest BCUT2D eigenvalue weighted by Gasteiger charge is -2.13. The van der Waals surface area contributed by atoms with Crippen LogP contribution in [0.4, 0.5) is 0 Å². The molecule has 4 rings (SSSR count). The number of halogens is 1. The van der Waals surface area contributed by atoms with Gasteiger partial charge in [0.05, 0.1) is 29.8 Å². The Kier molecular flexibility index (Phi) is 6.55. The molecule has 0 saturated carbocycles. The first-order chi connectivity index (χ1) is 15.9. The van der Waals surface area contributed by atoms with Gasteiger partial charge in [0.2, 0.25) is 0 Å². The number of esters is 1. The molecule has 0 aliphatic heterocycles. The summed E-state index contributed by atoms with van der Waals surface area (Å²) in [6.45, 7) is 4.06. The number of hydrogen-bond donors (Lipinski definition) is 0. The first kappa shape index (κ1) is 22.7. The predicted molar refractivity (Wildman–Crippen MR) is 131 cm³/mol. The van der Waals surface area contributed by atoms with E-state index in [4.69, 9.17) is 14.1 Å². The highest BCUT2D eigenvalue weighted by Crippen LogP contribution is 2.23. The summed E-state index contributed by atoms with van der Waals surface area (Å²) in [6, 6.07) is 15.9. The molecule has 2 aromatic carbocycles. The standard InChI is InChI=1S/C25H22BrN3O4/c1-4-15(2)23-28-21-11-9-18(26)13-20(21)24(30)29(23)27-14-19-10-12-22(33-19)16-5-7-17(8-6-16)25(31)32-3/h5-15H,4H2,1-3H3/t15-/m0/s1. The van der Waals surface area contributed by atoms with Crippen molar-refractivity contribution in [3.05, 3.63) is 86.6 Å². The van der Waals surface area contributed by atoms with E-state index in [1.165, 1.54) is 18.0 Å². The molecule has 1 atom stereocenters. The minimum absolute atomic E-state index is 0.0448. The average molecular weight is 508 g/mol. The molecule has 0 aliphatic rings. The fourth-order valence-electron chi connectivity index (χ4n) is 3.36. The SMILES string of the molecule is CC[C@H](C)c1nc2ccc(Br)cc2c(=O)n1N=Cc1ccc(-c2ccc(C(=O)OC)cc2)o1. The molecular formula is C25H22BrN3O4. The van der Waals surface area contributed by atoms with Crippen LogP contribution < -0.4 is 5.56 Å². The van der Waals surface area contributed by atoms with E-state index >= 15 is 0 Å². The third-order valence-electron chi connectivity index (χ3n) is 5.40. The van der Waals surface area contributed by atoms with Crippen LogP contribution in [0.25, 0.3) is 22.2 Å². The molecule has 8 heteroatoms. The van der Waals surface area contributed by atoms with Crippen LogP contribution >= 0.6 is 15.9 Å². The van der Waals surface area contributed by atoms with E-state index in [-0.39, 0.29) is 11.5 Å². The zero-order valence-electron chi connectivity index (χ0n) is 18.4. The molecule has 0 fully saturated rings. The second-order valence-corrected chi connectivity index (χ2v) is 8.49. The van der Waals surface area contributed by atoms with Crippen LogP contribution in [-0.4, -0.2) is 29.0 Å². The quantitative estimate of drug-likeness (QED) is 0.250. The molecule has 0 spiro atoms. The number of carbonyl (C=O) groups excluding carboxylic acids is 1. The van der Waals surface area contributed by atoms with Gasteiger partial charge in [-0.05, 0) is 48.9 Å². The molecule has 0 N–H and O–H groups in total. The summed E-state index contributed by atoms with van der Waals surface area (Å²) in [5.74, 6) is 1.34. The zero-order valence-corrected chi connectivity index (χ0v) is 20.0. The molecule has 0 unspecified atom stereocenters. The second-order valence-electron chi connectivity index (χ2n) is 7.57. The highest BCUT2D eigenvalue weighted by molar-refractivity contribution is 9.10. The lowest BCUT2D eigenvalue weighted by Crippen LogP contribution is -2.23. The summed E-state index contributed by atoms with van der Waals surface area (Å²) >= 11 is 3.41. The van der Waals surface area contributed by atoms with E-state index < -0.39 is 5.97 Å². The number of methoxy groups -OCH3 is 1. The molecular weight excluding hydrogens is 486 g/mol. The van der Waals surface area contributed by atoms with Gasteiger partial charge in [-0.3, -0.25) is 4.79 Å². The smallest absolute Gasteiger partial charge is 0.337 e. The molecule has 4 aromatic rings. The van der Waals surface area contributed by atoms with Crippen LogP contribution in [0.5, 0.6) is 0 Å². The third-order valence-corrected chi connectivity index (χ3v) is 5.90. The Labute approximate surface area is 198 Å². The number of furan rings is 1. The van der Waals surface area contributed by atoms with Crippen LogP contribution in [0.1, 0.15) is 48.1 Å². The van der Waals surface area contributed by atoms with Crippen LogP contribution in [0, 0.1) is 0 Å². The third kappa shape index (κ3) is 4.66. The average Bonchev–Trinajstić information content (AvgIpc) is 3.31. The summed E-state index contributed by atoms with van der Waals surface area (Å²) < 4.78 is 12.7. The van der Waals surface area contributed by atoms with Crippen LogP contribution in [0.2, 0.25) is 0 Å². The van der Waals surface area contributed by atoms with Crippen LogP contribution in [-0.2, 0) is 4.74 Å². The van der Waals surface area contributed by atoms with E-state index in [0.29, 0.717) is 33.8 Å². The minimum Gasteiger partial charge on any atom is -0.465 e. The maximum Gasteiger partial charge on any atom is 0.337 e. The maximum absolute atomic E-state index is 13.2. The highest BCUT2D eigenvalue weighted by Gasteiger charge is 2.16. The van der Waals surface area contributed by atoms with Crippen molar-refractivity contribution in [3.8, 4) is 11.3 Å². The van der Waals surface area contributed by atoms with Gasteiger partial charge in [-0.1, -0.05) is 41.9 Å². The van der Waals surface area contributed by atoms with E-state index in [1.54, 1.807) is 36.4 Å². The van der Waals surface area contributed by atoms with Crippen LogP contribution in [0.3, 0.4) is 0 Å². The topological polar surface area (TPSA) is 86.7 Å². The highest BCUT2D eigenvalue weighted by atomic mass is 79.9. The number of rotatable bonds is 6. The van der Waals surface area contributed by atoms with E-state index in [2.05, 4.69) is 21.0 Å². The lowest BCUT2D eigenvalue weighted by molar-refractivity contribution is 0.0600. The molecule has 2 heterocycles. The van der Waals surface area contributed by atoms with Crippen molar-refractivity contribution in [3.63, 3.8) is 0 Å². The molecule has 2 aromatic heterocycles. The van der Waals surface area contributed by atoms with Gasteiger partial charge in [-0.25, -0.2) is 9.78 Å². The van der Waals surface area contributed by atoms with E-state index in [0.717, 1.165) is 16.5 Å². The second kappa shape index (κ2) is 9.54. The summed E-state index contributed by atoms with van der Waals surface area (Å²) in [7, 11) is 1.34. The number of ether oxygens (including phenoxy) is 1. The molecule has 0 radical (unpaired) electrons. The molecule has 0 bridgehead atoms. The van der Waals surface area contributed by atoms with Gasteiger partial charge in [0, 0.05) is 16.0 Å². The van der Waals surface area contributed by atoms with Crippen molar-refractivity contribution in [1.82, 2.24) is 9.66 Å². The molecule has 0 saturated heterocycles. The van der Waals surface area contributed by atoms with Gasteiger partial charge < -0.3 is 9.15 Å². The first-order valence-corrected chi connectivity index (χ1v) is 11.3. The Bertz CT molecular complexity index is 1400. The maximum atomic E-state index is 13.2. The van der Waals surface area contributed by atoms with Gasteiger partial charge in [-0.15, -0.1) is 0 Å². The fraction of sp³-hybridized carbons (Fsp3) is 0.200. The van der Waals surface area contributed by atoms with Crippen molar-refractivity contribution in [2.45, 2.75) is 26.2 Å². The summed E-state index contributed by atoms with van der Waals surface area (Å²) in [5.41, 5.74) is 1.66. The van der Waals surface area contributed by atoms with Gasteiger partial charge in [0.25, 0.3) is 5.56 Å². The predicted octanol–water partition coefficient (Wildman–Crippen LogP) is 5.60. The number of aromatic nitrogens is 2. The summed E-state index contributed by atoms with van der Waals surface area (Å²) in [6.07, 6.45) is 2.32. The van der Waals surface area contributed by atoms with E-state index in [1.807, 2.05) is 32.0 Å². The number of carbonyl (C=O) groups is 1. The Morgan fingerprint density at radius 1 is 1.21 bits per heavy atom. The number of nitrogens with zero attached hydrogens (tertiary/aromatic N) is 3. The minimum atomic E-state index is -0.396. The number of hydrogen-bond acceptors (Lipinski definition) is 6. The largest absolute Gasteiger partial charge is 0.465 e. The van der Waals surface area contributed by atoms with Gasteiger partial charge >= 0.3 is 5.97 Å². The van der Waals surface area contributed by atoms with Crippen molar-refractivity contribution >= 4 is 39.0 Å². The van der Waals surface area contributed by atoms with Gasteiger partial charge in [0.15, 0.2) is 0 Å². The van der Waals surface area contributed by atoms with Gasteiger partial charge in [0.1, 0.15) is 17.3 Å². The zero-order chi connectivity index (χ0) is 23.5. The normalized spacial score (nSPS) is 12.4. The first-order valence-electron chi connectivity index (χ1n) is 10.5. The number of benzene rings is 2. The molecule has 0 aliphatic carbocycles. The van der Waals surface area contributed by atoms with Crippen molar-refractivity contribution in [2.24, 2.45) is 5.10 Å². The Morgan fingerprint density at radius 3 is 2.67 bits per heavy atom. The molecule has 0 amide bonds. The van der Waals surface area contributed by atoms with E-state index in [9.17, 15) is 9.59 Å². The Hall–Kier alpha value is -3.52. The molecule has 168 valence electrons. The lowest BCUT2D eigenvalue weighted by atomic mass is 10.1. The molecule has 33 heavy (non-hydrogen) atoms. The Balaban J connectivity index is 1.69. The Morgan fingerprint density at radius 2 is 1.97 bits per heavy atom. The molecule has 7 nitrogen and oxygen atoms in total. The summed E-state index contributed by atoms with van der Waals surface area (Å²) in [5, 5.41) is 4.91.